The fourth-order valence-electron chi connectivity index (χ4n) is 3.63. The molecule has 1 fully saturated rings. The quantitative estimate of drug-likeness (QED) is 0.670. The SMILES string of the molecule is CC(C)(C)C(=O)N1CCCC(C(=O)N(Cc2ccccn2)c2ccc(Br)cc2)C1. The second kappa shape index (κ2) is 9.08. The molecule has 5 nitrogen and oxygen atoms in total. The van der Waals surface area contributed by atoms with Gasteiger partial charge in [0.25, 0.3) is 0 Å². The Hall–Kier alpha value is -2.21. The highest BCUT2D eigenvalue weighted by Gasteiger charge is 2.35. The first-order valence-electron chi connectivity index (χ1n) is 10.0. The summed E-state index contributed by atoms with van der Waals surface area (Å²) in [4.78, 5) is 34.3. The number of nitrogens with zero attached hydrogens (tertiary/aromatic N) is 3. The standard InChI is InChI=1S/C23H28BrN3O2/c1-23(2,3)22(29)26-14-6-7-17(15-26)21(28)27(16-19-8-4-5-13-25-19)20-11-9-18(24)10-12-20/h4-5,8-13,17H,6-7,14-16H2,1-3H3. The Balaban J connectivity index is 1.83. The molecule has 0 saturated carbocycles. The summed E-state index contributed by atoms with van der Waals surface area (Å²) in [6, 6.07) is 13.5. The van der Waals surface area contributed by atoms with Gasteiger partial charge in [0.15, 0.2) is 0 Å². The van der Waals surface area contributed by atoms with E-state index in [0.29, 0.717) is 13.1 Å². The van der Waals surface area contributed by atoms with Crippen LogP contribution < -0.4 is 4.90 Å². The molecule has 2 aromatic rings. The summed E-state index contributed by atoms with van der Waals surface area (Å²) in [6.07, 6.45) is 3.38. The van der Waals surface area contributed by atoms with E-state index in [1.165, 1.54) is 0 Å². The molecule has 0 N–H and O–H groups in total. The monoisotopic (exact) mass is 457 g/mol. The van der Waals surface area contributed by atoms with E-state index in [-0.39, 0.29) is 17.7 Å². The van der Waals surface area contributed by atoms with Crippen LogP contribution in [0.1, 0.15) is 39.3 Å². The van der Waals surface area contributed by atoms with Crippen LogP contribution in [0, 0.1) is 11.3 Å². The van der Waals surface area contributed by atoms with Gasteiger partial charge in [-0.1, -0.05) is 42.8 Å². The molecule has 29 heavy (non-hydrogen) atoms. The van der Waals surface area contributed by atoms with Gasteiger partial charge in [-0.2, -0.15) is 0 Å². The van der Waals surface area contributed by atoms with Gasteiger partial charge in [0.1, 0.15) is 0 Å². The second-order valence-corrected chi connectivity index (χ2v) is 9.48. The molecule has 0 radical (unpaired) electrons. The first kappa shape index (κ1) is 21.5. The van der Waals surface area contributed by atoms with Crippen molar-refractivity contribution < 1.29 is 9.59 Å². The molecular weight excluding hydrogens is 430 g/mol. The lowest BCUT2D eigenvalue weighted by atomic mass is 9.90. The van der Waals surface area contributed by atoms with Crippen molar-refractivity contribution in [3.05, 3.63) is 58.8 Å². The highest BCUT2D eigenvalue weighted by atomic mass is 79.9. The van der Waals surface area contributed by atoms with E-state index in [1.54, 1.807) is 11.1 Å². The van der Waals surface area contributed by atoms with Crippen molar-refractivity contribution in [2.75, 3.05) is 18.0 Å². The number of carbonyl (C=O) groups is 2. The van der Waals surface area contributed by atoms with E-state index in [9.17, 15) is 9.59 Å². The minimum Gasteiger partial charge on any atom is -0.341 e. The number of aromatic nitrogens is 1. The smallest absolute Gasteiger partial charge is 0.232 e. The van der Waals surface area contributed by atoms with Crippen LogP contribution >= 0.6 is 15.9 Å². The number of anilines is 1. The summed E-state index contributed by atoms with van der Waals surface area (Å²) in [5.74, 6) is -0.0540. The van der Waals surface area contributed by atoms with E-state index in [0.717, 1.165) is 35.2 Å². The van der Waals surface area contributed by atoms with Gasteiger partial charge >= 0.3 is 0 Å². The molecule has 0 bridgehead atoms. The van der Waals surface area contributed by atoms with Crippen molar-refractivity contribution >= 4 is 33.4 Å². The van der Waals surface area contributed by atoms with E-state index in [2.05, 4.69) is 20.9 Å². The number of benzene rings is 1. The third kappa shape index (κ3) is 5.44. The predicted octanol–water partition coefficient (Wildman–Crippen LogP) is 4.66. The third-order valence-electron chi connectivity index (χ3n) is 5.15. The number of pyridine rings is 1. The van der Waals surface area contributed by atoms with Crippen LogP contribution in [0.15, 0.2) is 53.1 Å². The van der Waals surface area contributed by atoms with Crippen LogP contribution in [0.5, 0.6) is 0 Å². The Kier molecular flexibility index (Phi) is 6.73. The molecule has 1 saturated heterocycles. The zero-order valence-corrected chi connectivity index (χ0v) is 18.9. The van der Waals surface area contributed by atoms with Gasteiger partial charge < -0.3 is 9.80 Å². The van der Waals surface area contributed by atoms with E-state index in [1.807, 2.05) is 68.1 Å². The third-order valence-corrected chi connectivity index (χ3v) is 5.68. The first-order chi connectivity index (χ1) is 13.8. The van der Waals surface area contributed by atoms with Crippen molar-refractivity contribution in [2.45, 2.75) is 40.2 Å². The highest BCUT2D eigenvalue weighted by Crippen LogP contribution is 2.28. The lowest BCUT2D eigenvalue weighted by Crippen LogP contribution is -2.49. The topological polar surface area (TPSA) is 53.5 Å². The molecule has 6 heteroatoms. The molecule has 2 amide bonds. The number of amides is 2. The van der Waals surface area contributed by atoms with E-state index < -0.39 is 5.41 Å². The lowest BCUT2D eigenvalue weighted by Gasteiger charge is -2.37. The van der Waals surface area contributed by atoms with Crippen LogP contribution in [0.2, 0.25) is 0 Å². The van der Waals surface area contributed by atoms with Gasteiger partial charge in [-0.25, -0.2) is 0 Å². The van der Waals surface area contributed by atoms with Crippen LogP contribution in [-0.4, -0.2) is 34.8 Å². The summed E-state index contributed by atoms with van der Waals surface area (Å²) in [5, 5.41) is 0. The fourth-order valence-corrected chi connectivity index (χ4v) is 3.89. The van der Waals surface area contributed by atoms with Crippen LogP contribution in [0.4, 0.5) is 5.69 Å². The molecule has 1 unspecified atom stereocenters. The molecule has 1 aromatic heterocycles. The van der Waals surface area contributed by atoms with Gasteiger partial charge in [-0.3, -0.25) is 14.6 Å². The van der Waals surface area contributed by atoms with Crippen LogP contribution in [0.25, 0.3) is 0 Å². The summed E-state index contributed by atoms with van der Waals surface area (Å²) < 4.78 is 0.964. The molecule has 1 aromatic carbocycles. The van der Waals surface area contributed by atoms with Gasteiger partial charge in [0.2, 0.25) is 11.8 Å². The lowest BCUT2D eigenvalue weighted by molar-refractivity contribution is -0.142. The molecule has 154 valence electrons. The maximum absolute atomic E-state index is 13.6. The number of halogens is 1. The van der Waals surface area contributed by atoms with Crippen molar-refractivity contribution in [3.8, 4) is 0 Å². The van der Waals surface area contributed by atoms with Crippen molar-refractivity contribution in [2.24, 2.45) is 11.3 Å². The molecule has 0 aliphatic carbocycles. The minimum absolute atomic E-state index is 0.0457. The number of likely N-dealkylation sites (tertiary alicyclic amines) is 1. The summed E-state index contributed by atoms with van der Waals surface area (Å²) in [7, 11) is 0. The summed E-state index contributed by atoms with van der Waals surface area (Å²) in [5.41, 5.74) is 1.23. The Bertz CT molecular complexity index is 847. The summed E-state index contributed by atoms with van der Waals surface area (Å²) in [6.45, 7) is 7.38. The van der Waals surface area contributed by atoms with Gasteiger partial charge in [-0.05, 0) is 49.2 Å². The number of carbonyl (C=O) groups excluding carboxylic acids is 2. The Morgan fingerprint density at radius 3 is 2.52 bits per heavy atom. The van der Waals surface area contributed by atoms with Gasteiger partial charge in [0, 0.05) is 34.9 Å². The maximum Gasteiger partial charge on any atom is 0.232 e. The average Bonchev–Trinajstić information content (AvgIpc) is 2.72. The molecule has 1 aliphatic heterocycles. The largest absolute Gasteiger partial charge is 0.341 e. The normalized spacial score (nSPS) is 17.1. The van der Waals surface area contributed by atoms with Crippen molar-refractivity contribution in [1.29, 1.82) is 0 Å². The van der Waals surface area contributed by atoms with E-state index in [4.69, 9.17) is 0 Å². The van der Waals surface area contributed by atoms with Crippen LogP contribution in [-0.2, 0) is 16.1 Å². The molecule has 1 aliphatic rings. The zero-order valence-electron chi connectivity index (χ0n) is 17.3. The maximum atomic E-state index is 13.6. The highest BCUT2D eigenvalue weighted by molar-refractivity contribution is 9.10. The Morgan fingerprint density at radius 2 is 1.90 bits per heavy atom. The molecule has 3 rings (SSSR count). The molecule has 0 spiro atoms. The van der Waals surface area contributed by atoms with Crippen molar-refractivity contribution in [3.63, 3.8) is 0 Å². The van der Waals surface area contributed by atoms with Crippen molar-refractivity contribution in [1.82, 2.24) is 9.88 Å². The molecular formula is C23H28BrN3O2. The molecule has 2 heterocycles. The first-order valence-corrected chi connectivity index (χ1v) is 10.8. The Labute approximate surface area is 181 Å². The number of hydrogen-bond donors (Lipinski definition) is 0. The summed E-state index contributed by atoms with van der Waals surface area (Å²) >= 11 is 3.46. The van der Waals surface area contributed by atoms with E-state index >= 15 is 0 Å². The second-order valence-electron chi connectivity index (χ2n) is 8.56. The minimum atomic E-state index is -0.440. The Morgan fingerprint density at radius 1 is 1.17 bits per heavy atom. The number of hydrogen-bond acceptors (Lipinski definition) is 3. The van der Waals surface area contributed by atoms with Gasteiger partial charge in [-0.15, -0.1) is 0 Å². The average molecular weight is 458 g/mol. The number of piperidine rings is 1. The van der Waals surface area contributed by atoms with Gasteiger partial charge in [0.05, 0.1) is 18.2 Å². The fraction of sp³-hybridized carbons (Fsp3) is 0.435. The zero-order chi connectivity index (χ0) is 21.0. The number of rotatable bonds is 4. The van der Waals surface area contributed by atoms with Crippen LogP contribution in [0.3, 0.4) is 0 Å². The molecule has 1 atom stereocenters. The predicted molar refractivity (Wildman–Crippen MR) is 118 cm³/mol.